The van der Waals surface area contributed by atoms with Gasteiger partial charge in [0.15, 0.2) is 0 Å². The lowest BCUT2D eigenvalue weighted by molar-refractivity contribution is -0.131. The zero-order valence-electron chi connectivity index (χ0n) is 14.4. The van der Waals surface area contributed by atoms with Crippen LogP contribution in [0.2, 0.25) is 0 Å². The van der Waals surface area contributed by atoms with Gasteiger partial charge in [-0.1, -0.05) is 27.2 Å². The smallest absolute Gasteiger partial charge is 0.227 e. The second-order valence-corrected chi connectivity index (χ2v) is 7.52. The Morgan fingerprint density at radius 2 is 2.26 bits per heavy atom. The van der Waals surface area contributed by atoms with E-state index in [4.69, 9.17) is 4.52 Å². The third-order valence-corrected chi connectivity index (χ3v) is 5.05. The number of aromatic nitrogens is 2. The molecule has 0 radical (unpaired) electrons. The van der Waals surface area contributed by atoms with Crippen LogP contribution in [0.25, 0.3) is 11.4 Å². The third kappa shape index (κ3) is 5.11. The molecule has 2 heterocycles. The molecule has 3 rings (SSSR count). The van der Waals surface area contributed by atoms with Gasteiger partial charge in [0.1, 0.15) is 5.82 Å². The maximum absolute atomic E-state index is 14.0. The molecule has 27 heavy (non-hydrogen) atoms. The van der Waals surface area contributed by atoms with Crippen molar-refractivity contribution in [2.75, 3.05) is 6.54 Å². The van der Waals surface area contributed by atoms with Crippen LogP contribution in [0.15, 0.2) is 56.7 Å². The van der Waals surface area contributed by atoms with Crippen LogP contribution in [0.3, 0.4) is 0 Å². The number of aryl methyl sites for hydroxylation is 1. The van der Waals surface area contributed by atoms with Gasteiger partial charge >= 0.3 is 0 Å². The van der Waals surface area contributed by atoms with Crippen LogP contribution in [0.4, 0.5) is 4.39 Å². The fourth-order valence-corrected chi connectivity index (χ4v) is 3.56. The quantitative estimate of drug-likeness (QED) is 0.461. The van der Waals surface area contributed by atoms with E-state index in [1.54, 1.807) is 34.4 Å². The predicted octanol–water partition coefficient (Wildman–Crippen LogP) is 4.85. The number of rotatable bonds is 8. The SMILES string of the molecule is C=CCN(Cc1cc(Br)ccc1F)C(=O)CCc1nc(-c2ccsc2)no1. The fourth-order valence-electron chi connectivity index (χ4n) is 2.52. The Bertz CT molecular complexity index is 927. The highest BCUT2D eigenvalue weighted by molar-refractivity contribution is 9.10. The van der Waals surface area contributed by atoms with Crippen molar-refractivity contribution < 1.29 is 13.7 Å². The first-order valence-electron chi connectivity index (χ1n) is 8.24. The first-order valence-corrected chi connectivity index (χ1v) is 9.98. The van der Waals surface area contributed by atoms with Gasteiger partial charge in [-0.05, 0) is 29.6 Å². The fraction of sp³-hybridized carbons (Fsp3) is 0.211. The third-order valence-electron chi connectivity index (χ3n) is 3.87. The summed E-state index contributed by atoms with van der Waals surface area (Å²) in [6, 6.07) is 6.58. The molecule has 8 heteroatoms. The van der Waals surface area contributed by atoms with E-state index in [0.29, 0.717) is 30.2 Å². The van der Waals surface area contributed by atoms with E-state index in [-0.39, 0.29) is 24.7 Å². The first-order chi connectivity index (χ1) is 13.1. The van der Waals surface area contributed by atoms with Crippen LogP contribution in [-0.4, -0.2) is 27.5 Å². The lowest BCUT2D eigenvalue weighted by atomic mass is 10.2. The number of halogens is 2. The summed E-state index contributed by atoms with van der Waals surface area (Å²) in [5.41, 5.74) is 1.33. The van der Waals surface area contributed by atoms with Gasteiger partial charge in [0.2, 0.25) is 17.6 Å². The summed E-state index contributed by atoms with van der Waals surface area (Å²) in [5.74, 6) is 0.427. The molecule has 0 aliphatic rings. The summed E-state index contributed by atoms with van der Waals surface area (Å²) in [7, 11) is 0. The Hall–Kier alpha value is -2.32. The van der Waals surface area contributed by atoms with Crippen LogP contribution in [0.1, 0.15) is 17.9 Å². The first kappa shape index (κ1) is 19.4. The summed E-state index contributed by atoms with van der Waals surface area (Å²) in [6.45, 7) is 4.17. The topological polar surface area (TPSA) is 59.2 Å². The van der Waals surface area contributed by atoms with E-state index in [2.05, 4.69) is 32.6 Å². The molecular weight excluding hydrogens is 433 g/mol. The maximum Gasteiger partial charge on any atom is 0.227 e. The molecule has 1 aromatic carbocycles. The van der Waals surface area contributed by atoms with Crippen LogP contribution in [0, 0.1) is 5.82 Å². The van der Waals surface area contributed by atoms with Gasteiger partial charge < -0.3 is 9.42 Å². The zero-order chi connectivity index (χ0) is 19.2. The monoisotopic (exact) mass is 449 g/mol. The molecule has 0 atom stereocenters. The Morgan fingerprint density at radius 1 is 1.41 bits per heavy atom. The molecule has 0 fully saturated rings. The van der Waals surface area contributed by atoms with Gasteiger partial charge in [-0.3, -0.25) is 4.79 Å². The van der Waals surface area contributed by atoms with Crippen LogP contribution in [0.5, 0.6) is 0 Å². The van der Waals surface area contributed by atoms with Crippen molar-refractivity contribution in [3.8, 4) is 11.4 Å². The van der Waals surface area contributed by atoms with E-state index in [0.717, 1.165) is 10.0 Å². The summed E-state index contributed by atoms with van der Waals surface area (Å²) < 4.78 is 20.0. The Morgan fingerprint density at radius 3 is 3.00 bits per heavy atom. The minimum atomic E-state index is -0.350. The van der Waals surface area contributed by atoms with E-state index in [1.165, 1.54) is 6.07 Å². The van der Waals surface area contributed by atoms with Crippen LogP contribution < -0.4 is 0 Å². The molecule has 5 nitrogen and oxygen atoms in total. The molecular formula is C19H17BrFN3O2S. The average molecular weight is 450 g/mol. The van der Waals surface area contributed by atoms with Gasteiger partial charge in [-0.2, -0.15) is 16.3 Å². The number of hydrogen-bond donors (Lipinski definition) is 0. The Balaban J connectivity index is 1.63. The Kier molecular flexibility index (Phi) is 6.52. The molecule has 0 bridgehead atoms. The van der Waals surface area contributed by atoms with Crippen LogP contribution >= 0.6 is 27.3 Å². The second kappa shape index (κ2) is 9.05. The van der Waals surface area contributed by atoms with Gasteiger partial charge in [-0.15, -0.1) is 6.58 Å². The second-order valence-electron chi connectivity index (χ2n) is 5.82. The largest absolute Gasteiger partial charge is 0.339 e. The number of carbonyl (C=O) groups excluding carboxylic acids is 1. The molecule has 0 aliphatic heterocycles. The molecule has 0 saturated heterocycles. The molecule has 3 aromatic rings. The summed E-state index contributed by atoms with van der Waals surface area (Å²) in [6.07, 6.45) is 2.13. The van der Waals surface area contributed by atoms with Crippen molar-refractivity contribution >= 4 is 33.2 Å². The highest BCUT2D eigenvalue weighted by atomic mass is 79.9. The van der Waals surface area contributed by atoms with Crippen molar-refractivity contribution in [3.63, 3.8) is 0 Å². The van der Waals surface area contributed by atoms with Crippen molar-refractivity contribution in [2.24, 2.45) is 0 Å². The van der Waals surface area contributed by atoms with Crippen molar-refractivity contribution in [1.82, 2.24) is 15.0 Å². The number of thiophene rings is 1. The molecule has 0 saturated carbocycles. The summed E-state index contributed by atoms with van der Waals surface area (Å²) in [4.78, 5) is 18.5. The minimum Gasteiger partial charge on any atom is -0.339 e. The van der Waals surface area contributed by atoms with Crippen molar-refractivity contribution in [3.05, 3.63) is 69.4 Å². The zero-order valence-corrected chi connectivity index (χ0v) is 16.8. The van der Waals surface area contributed by atoms with E-state index >= 15 is 0 Å². The predicted molar refractivity (Wildman–Crippen MR) is 106 cm³/mol. The van der Waals surface area contributed by atoms with Gasteiger partial charge in [-0.25, -0.2) is 4.39 Å². The highest BCUT2D eigenvalue weighted by Crippen LogP contribution is 2.20. The molecule has 0 N–H and O–H groups in total. The van der Waals surface area contributed by atoms with Gasteiger partial charge in [0.25, 0.3) is 0 Å². The number of nitrogens with zero attached hydrogens (tertiary/aromatic N) is 3. The van der Waals surface area contributed by atoms with Crippen molar-refractivity contribution in [2.45, 2.75) is 19.4 Å². The lowest BCUT2D eigenvalue weighted by Gasteiger charge is -2.21. The molecule has 140 valence electrons. The average Bonchev–Trinajstić information content (AvgIpc) is 3.33. The maximum atomic E-state index is 14.0. The summed E-state index contributed by atoms with van der Waals surface area (Å²) in [5, 5.41) is 7.79. The van der Waals surface area contributed by atoms with E-state index in [1.807, 2.05) is 16.8 Å². The number of carbonyl (C=O) groups is 1. The molecule has 0 unspecified atom stereocenters. The number of hydrogen-bond acceptors (Lipinski definition) is 5. The molecule has 2 aromatic heterocycles. The van der Waals surface area contributed by atoms with Gasteiger partial charge in [0, 0.05) is 46.9 Å². The lowest BCUT2D eigenvalue weighted by Crippen LogP contribution is -2.31. The summed E-state index contributed by atoms with van der Waals surface area (Å²) >= 11 is 4.87. The van der Waals surface area contributed by atoms with Gasteiger partial charge in [0.05, 0.1) is 0 Å². The standard InChI is InChI=1S/C19H17BrFN3O2S/c1-2-8-24(11-14-10-15(20)3-4-16(14)21)18(25)6-5-17-22-19(23-26-17)13-7-9-27-12-13/h2-4,7,9-10,12H,1,5-6,8,11H2. The molecule has 1 amide bonds. The number of amides is 1. The number of benzene rings is 1. The highest BCUT2D eigenvalue weighted by Gasteiger charge is 2.17. The minimum absolute atomic E-state index is 0.135. The van der Waals surface area contributed by atoms with Crippen LogP contribution in [-0.2, 0) is 17.8 Å². The van der Waals surface area contributed by atoms with Crippen molar-refractivity contribution in [1.29, 1.82) is 0 Å². The Labute approximate surface area is 168 Å². The van der Waals surface area contributed by atoms with E-state index < -0.39 is 0 Å². The molecule has 0 spiro atoms. The normalized spacial score (nSPS) is 10.7. The molecule has 0 aliphatic carbocycles. The van der Waals surface area contributed by atoms with E-state index in [9.17, 15) is 9.18 Å².